The largest absolute Gasteiger partial charge is 0.372 e. The van der Waals surface area contributed by atoms with Gasteiger partial charge < -0.3 is 4.74 Å². The average molecular weight is 265 g/mol. The Labute approximate surface area is 108 Å². The number of epoxide rings is 1. The van der Waals surface area contributed by atoms with Crippen LogP contribution in [0.4, 0.5) is 0 Å². The number of terminal acetylenes is 1. The van der Waals surface area contributed by atoms with Crippen LogP contribution in [0.5, 0.6) is 0 Å². The van der Waals surface area contributed by atoms with Gasteiger partial charge in [0.2, 0.25) is 10.0 Å². The normalized spacial score (nSPS) is 18.6. The average Bonchev–Trinajstić information content (AvgIpc) is 3.13. The van der Waals surface area contributed by atoms with Crippen molar-refractivity contribution >= 4 is 10.0 Å². The van der Waals surface area contributed by atoms with Gasteiger partial charge in [-0.2, -0.15) is 4.31 Å². The summed E-state index contributed by atoms with van der Waals surface area (Å²) in [7, 11) is -3.52. The number of hydrogen-bond donors (Lipinski definition) is 0. The van der Waals surface area contributed by atoms with E-state index in [1.54, 1.807) is 24.3 Å². The minimum absolute atomic E-state index is 0.0152. The van der Waals surface area contributed by atoms with Crippen molar-refractivity contribution in [3.8, 4) is 12.3 Å². The zero-order valence-corrected chi connectivity index (χ0v) is 11.0. The molecule has 0 aliphatic carbocycles. The lowest BCUT2D eigenvalue weighted by Gasteiger charge is -2.18. The molecule has 1 aromatic rings. The number of sulfonamides is 1. The van der Waals surface area contributed by atoms with Crippen LogP contribution in [0.15, 0.2) is 29.2 Å². The van der Waals surface area contributed by atoms with Crippen LogP contribution in [0.25, 0.3) is 0 Å². The van der Waals surface area contributed by atoms with E-state index in [1.807, 2.05) is 6.92 Å². The van der Waals surface area contributed by atoms with E-state index in [9.17, 15) is 8.42 Å². The highest BCUT2D eigenvalue weighted by Gasteiger charge is 2.32. The highest BCUT2D eigenvalue weighted by molar-refractivity contribution is 7.89. The zero-order valence-electron chi connectivity index (χ0n) is 10.2. The number of nitrogens with zero attached hydrogens (tertiary/aromatic N) is 1. The lowest BCUT2D eigenvalue weighted by atomic mass is 10.2. The van der Waals surface area contributed by atoms with Gasteiger partial charge in [-0.3, -0.25) is 0 Å². The molecule has 1 saturated heterocycles. The second-order valence-corrected chi connectivity index (χ2v) is 6.21. The molecule has 1 unspecified atom stereocenters. The number of ether oxygens (including phenoxy) is 1. The Morgan fingerprint density at radius 3 is 2.56 bits per heavy atom. The van der Waals surface area contributed by atoms with E-state index in [0.29, 0.717) is 13.2 Å². The Hall–Kier alpha value is -1.35. The molecule has 5 heteroatoms. The Balaban J connectivity index is 2.26. The maximum absolute atomic E-state index is 12.4. The first-order valence-corrected chi connectivity index (χ1v) is 7.10. The first-order valence-electron chi connectivity index (χ1n) is 5.66. The van der Waals surface area contributed by atoms with Crippen molar-refractivity contribution in [3.63, 3.8) is 0 Å². The van der Waals surface area contributed by atoms with Crippen molar-refractivity contribution in [2.24, 2.45) is 0 Å². The molecule has 1 atom stereocenters. The minimum Gasteiger partial charge on any atom is -0.372 e. The smallest absolute Gasteiger partial charge is 0.244 e. The summed E-state index contributed by atoms with van der Waals surface area (Å²) in [5.74, 6) is 2.38. The van der Waals surface area contributed by atoms with Crippen LogP contribution in [0.2, 0.25) is 0 Å². The Kier molecular flexibility index (Phi) is 3.71. The molecule has 0 spiro atoms. The van der Waals surface area contributed by atoms with Gasteiger partial charge in [-0.25, -0.2) is 8.42 Å². The van der Waals surface area contributed by atoms with Crippen molar-refractivity contribution in [1.82, 2.24) is 4.31 Å². The van der Waals surface area contributed by atoms with E-state index >= 15 is 0 Å². The van der Waals surface area contributed by atoms with Crippen molar-refractivity contribution in [2.45, 2.75) is 17.9 Å². The van der Waals surface area contributed by atoms with Crippen molar-refractivity contribution in [1.29, 1.82) is 0 Å². The molecule has 1 fully saturated rings. The number of hydrogen-bond acceptors (Lipinski definition) is 3. The molecule has 0 radical (unpaired) electrons. The summed E-state index contributed by atoms with van der Waals surface area (Å²) >= 11 is 0. The van der Waals surface area contributed by atoms with Gasteiger partial charge in [0, 0.05) is 6.54 Å². The third-order valence-corrected chi connectivity index (χ3v) is 4.56. The van der Waals surface area contributed by atoms with Gasteiger partial charge in [-0.1, -0.05) is 23.6 Å². The molecule has 2 rings (SSSR count). The summed E-state index contributed by atoms with van der Waals surface area (Å²) in [6.07, 6.45) is 5.21. The summed E-state index contributed by atoms with van der Waals surface area (Å²) in [4.78, 5) is 0.268. The summed E-state index contributed by atoms with van der Waals surface area (Å²) < 4.78 is 31.1. The fourth-order valence-corrected chi connectivity index (χ4v) is 2.99. The molecule has 0 saturated carbocycles. The molecule has 4 nitrogen and oxygen atoms in total. The number of aryl methyl sites for hydroxylation is 1. The summed E-state index contributed by atoms with van der Waals surface area (Å²) in [5.41, 5.74) is 1.02. The highest BCUT2D eigenvalue weighted by atomic mass is 32.2. The lowest BCUT2D eigenvalue weighted by molar-refractivity contribution is 0.350. The fourth-order valence-electron chi connectivity index (χ4n) is 1.61. The summed E-state index contributed by atoms with van der Waals surface area (Å²) in [5, 5.41) is 0. The predicted molar refractivity (Wildman–Crippen MR) is 68.5 cm³/mol. The third-order valence-electron chi connectivity index (χ3n) is 2.74. The zero-order chi connectivity index (χ0) is 13.2. The van der Waals surface area contributed by atoms with E-state index in [1.165, 1.54) is 4.31 Å². The molecule has 1 aliphatic rings. The van der Waals surface area contributed by atoms with E-state index in [-0.39, 0.29) is 17.5 Å². The molecular weight excluding hydrogens is 250 g/mol. The first kappa shape index (κ1) is 13.1. The summed E-state index contributed by atoms with van der Waals surface area (Å²) in [6, 6.07) is 6.74. The quantitative estimate of drug-likeness (QED) is 0.590. The van der Waals surface area contributed by atoms with Crippen LogP contribution in [-0.4, -0.2) is 38.5 Å². The van der Waals surface area contributed by atoms with Gasteiger partial charge in [0.15, 0.2) is 0 Å². The Morgan fingerprint density at radius 2 is 2.06 bits per heavy atom. The first-order chi connectivity index (χ1) is 8.54. The van der Waals surface area contributed by atoms with Gasteiger partial charge in [-0.15, -0.1) is 6.42 Å². The molecule has 1 aliphatic heterocycles. The van der Waals surface area contributed by atoms with Crippen LogP contribution in [0.3, 0.4) is 0 Å². The van der Waals surface area contributed by atoms with Crippen LogP contribution in [0.1, 0.15) is 5.56 Å². The topological polar surface area (TPSA) is 49.9 Å². The van der Waals surface area contributed by atoms with E-state index in [4.69, 9.17) is 11.2 Å². The van der Waals surface area contributed by atoms with Crippen LogP contribution in [0, 0.1) is 19.3 Å². The van der Waals surface area contributed by atoms with Gasteiger partial charge in [0.05, 0.1) is 24.2 Å². The maximum Gasteiger partial charge on any atom is 0.244 e. The molecule has 0 N–H and O–H groups in total. The van der Waals surface area contributed by atoms with Crippen LogP contribution < -0.4 is 0 Å². The molecule has 1 aromatic carbocycles. The van der Waals surface area contributed by atoms with Gasteiger partial charge in [0.1, 0.15) is 0 Å². The maximum atomic E-state index is 12.4. The second-order valence-electron chi connectivity index (χ2n) is 4.27. The molecule has 96 valence electrons. The number of rotatable bonds is 5. The lowest BCUT2D eigenvalue weighted by Crippen LogP contribution is -2.34. The molecule has 0 bridgehead atoms. The van der Waals surface area contributed by atoms with Crippen LogP contribution in [-0.2, 0) is 14.8 Å². The fraction of sp³-hybridized carbons (Fsp3) is 0.385. The molecule has 0 amide bonds. The van der Waals surface area contributed by atoms with Crippen molar-refractivity contribution in [2.75, 3.05) is 19.7 Å². The van der Waals surface area contributed by atoms with Gasteiger partial charge in [0.25, 0.3) is 0 Å². The van der Waals surface area contributed by atoms with E-state index < -0.39 is 10.0 Å². The second kappa shape index (κ2) is 5.11. The Morgan fingerprint density at radius 1 is 1.44 bits per heavy atom. The predicted octanol–water partition coefficient (Wildman–Crippen LogP) is 1.02. The minimum atomic E-state index is -3.52. The van der Waals surface area contributed by atoms with Gasteiger partial charge in [-0.05, 0) is 19.1 Å². The molecule has 1 heterocycles. The highest BCUT2D eigenvalue weighted by Crippen LogP contribution is 2.19. The van der Waals surface area contributed by atoms with Crippen molar-refractivity contribution in [3.05, 3.63) is 29.8 Å². The standard InChI is InChI=1S/C13H15NO3S/c1-3-8-14(9-12-10-17-12)18(15,16)13-6-4-11(2)5-7-13/h1,4-7,12H,8-10H2,2H3. The SMILES string of the molecule is C#CCN(CC1CO1)S(=O)(=O)c1ccc(C)cc1. The summed E-state index contributed by atoms with van der Waals surface area (Å²) in [6.45, 7) is 2.90. The third kappa shape index (κ3) is 2.91. The molecule has 18 heavy (non-hydrogen) atoms. The molecule has 0 aromatic heterocycles. The van der Waals surface area contributed by atoms with Crippen LogP contribution >= 0.6 is 0 Å². The Bertz CT molecular complexity index is 553. The molecular formula is C13H15NO3S. The van der Waals surface area contributed by atoms with E-state index in [2.05, 4.69) is 5.92 Å². The van der Waals surface area contributed by atoms with Crippen molar-refractivity contribution < 1.29 is 13.2 Å². The van der Waals surface area contributed by atoms with E-state index in [0.717, 1.165) is 5.56 Å². The number of benzene rings is 1. The van der Waals surface area contributed by atoms with Gasteiger partial charge >= 0.3 is 0 Å². The monoisotopic (exact) mass is 265 g/mol.